The molecule has 8 heteroatoms. The molecule has 0 aliphatic rings. The molecule has 1 aromatic carbocycles. The SMILES string of the molecule is COC(=O)Nc1ccc(Cl)cc1[C@H](O)C(F)(F)F. The Morgan fingerprint density at radius 2 is 2.11 bits per heavy atom. The van der Waals surface area contributed by atoms with Crippen LogP contribution in [-0.2, 0) is 4.74 Å². The third kappa shape index (κ3) is 3.51. The summed E-state index contributed by atoms with van der Waals surface area (Å²) in [6.07, 6.45) is -8.56. The Hall–Kier alpha value is -1.47. The van der Waals surface area contributed by atoms with Crippen LogP contribution in [0, 0.1) is 0 Å². The van der Waals surface area contributed by atoms with Crippen molar-refractivity contribution in [3.05, 3.63) is 28.8 Å². The largest absolute Gasteiger partial charge is 0.453 e. The van der Waals surface area contributed by atoms with Gasteiger partial charge in [0.05, 0.1) is 12.8 Å². The molecule has 18 heavy (non-hydrogen) atoms. The van der Waals surface area contributed by atoms with Crippen molar-refractivity contribution in [1.82, 2.24) is 0 Å². The van der Waals surface area contributed by atoms with Crippen LogP contribution in [0.1, 0.15) is 11.7 Å². The number of alkyl halides is 3. The van der Waals surface area contributed by atoms with Crippen LogP contribution in [0.15, 0.2) is 18.2 Å². The molecular weight excluding hydrogens is 275 g/mol. The summed E-state index contributed by atoms with van der Waals surface area (Å²) in [7, 11) is 1.06. The lowest BCUT2D eigenvalue weighted by atomic mass is 10.1. The monoisotopic (exact) mass is 283 g/mol. The predicted molar refractivity (Wildman–Crippen MR) is 58.5 cm³/mol. The molecular formula is C10H9ClF3NO3. The van der Waals surface area contributed by atoms with E-state index in [0.717, 1.165) is 19.2 Å². The summed E-state index contributed by atoms with van der Waals surface area (Å²) < 4.78 is 41.5. The van der Waals surface area contributed by atoms with Crippen molar-refractivity contribution in [2.45, 2.75) is 12.3 Å². The van der Waals surface area contributed by atoms with Crippen molar-refractivity contribution >= 4 is 23.4 Å². The van der Waals surface area contributed by atoms with E-state index in [4.69, 9.17) is 11.6 Å². The van der Waals surface area contributed by atoms with Gasteiger partial charge in [-0.25, -0.2) is 4.79 Å². The first-order chi connectivity index (χ1) is 8.25. The molecule has 0 aliphatic heterocycles. The number of ether oxygens (including phenoxy) is 1. The molecule has 1 rings (SSSR count). The number of nitrogens with one attached hydrogen (secondary N) is 1. The number of carbonyl (C=O) groups is 1. The number of aliphatic hydroxyl groups excluding tert-OH is 1. The zero-order valence-electron chi connectivity index (χ0n) is 9.08. The molecule has 4 nitrogen and oxygen atoms in total. The number of amides is 1. The Morgan fingerprint density at radius 1 is 1.50 bits per heavy atom. The lowest BCUT2D eigenvalue weighted by Gasteiger charge is -2.18. The molecule has 0 unspecified atom stereocenters. The molecule has 1 amide bonds. The Labute approximate surface area is 105 Å². The number of methoxy groups -OCH3 is 1. The molecule has 0 radical (unpaired) electrons. The van der Waals surface area contributed by atoms with Gasteiger partial charge < -0.3 is 9.84 Å². The highest BCUT2D eigenvalue weighted by atomic mass is 35.5. The van der Waals surface area contributed by atoms with E-state index in [1.54, 1.807) is 0 Å². The van der Waals surface area contributed by atoms with Gasteiger partial charge in [-0.3, -0.25) is 5.32 Å². The number of hydrogen-bond donors (Lipinski definition) is 2. The molecule has 0 aromatic heterocycles. The second-order valence-corrected chi connectivity index (χ2v) is 3.73. The Morgan fingerprint density at radius 3 is 2.61 bits per heavy atom. The van der Waals surface area contributed by atoms with Gasteiger partial charge in [-0.1, -0.05) is 11.6 Å². The summed E-state index contributed by atoms with van der Waals surface area (Å²) >= 11 is 5.56. The highest BCUT2D eigenvalue weighted by Gasteiger charge is 2.40. The normalized spacial score (nSPS) is 13.0. The molecule has 0 saturated carbocycles. The number of anilines is 1. The molecule has 1 aromatic rings. The first-order valence-corrected chi connectivity index (χ1v) is 5.02. The molecule has 0 saturated heterocycles. The summed E-state index contributed by atoms with van der Waals surface area (Å²) in [4.78, 5) is 11.0. The zero-order chi connectivity index (χ0) is 13.9. The Balaban J connectivity index is 3.15. The quantitative estimate of drug-likeness (QED) is 0.877. The van der Waals surface area contributed by atoms with Crippen molar-refractivity contribution in [3.8, 4) is 0 Å². The summed E-state index contributed by atoms with van der Waals surface area (Å²) in [6.45, 7) is 0. The van der Waals surface area contributed by atoms with E-state index in [0.29, 0.717) is 0 Å². The average molecular weight is 284 g/mol. The van der Waals surface area contributed by atoms with E-state index in [2.05, 4.69) is 10.1 Å². The minimum Gasteiger partial charge on any atom is -0.453 e. The van der Waals surface area contributed by atoms with E-state index >= 15 is 0 Å². The van der Waals surface area contributed by atoms with Crippen LogP contribution in [-0.4, -0.2) is 24.5 Å². The fraction of sp³-hybridized carbons (Fsp3) is 0.300. The first-order valence-electron chi connectivity index (χ1n) is 4.65. The van der Waals surface area contributed by atoms with Gasteiger partial charge in [0.2, 0.25) is 0 Å². The number of benzene rings is 1. The molecule has 2 N–H and O–H groups in total. The number of aliphatic hydroxyl groups is 1. The van der Waals surface area contributed by atoms with Crippen molar-refractivity contribution in [1.29, 1.82) is 0 Å². The fourth-order valence-electron chi connectivity index (χ4n) is 1.21. The molecule has 1 atom stereocenters. The summed E-state index contributed by atoms with van der Waals surface area (Å²) in [5, 5.41) is 11.2. The molecule has 0 bridgehead atoms. The van der Waals surface area contributed by atoms with Gasteiger partial charge in [0.1, 0.15) is 0 Å². The maximum Gasteiger partial charge on any atom is 0.418 e. The lowest BCUT2D eigenvalue weighted by Crippen LogP contribution is -2.22. The second kappa shape index (κ2) is 5.45. The smallest absolute Gasteiger partial charge is 0.418 e. The summed E-state index contributed by atoms with van der Waals surface area (Å²) in [6, 6.07) is 3.34. The molecule has 0 heterocycles. The van der Waals surface area contributed by atoms with Crippen molar-refractivity contribution < 1.29 is 27.8 Å². The third-order valence-corrected chi connectivity index (χ3v) is 2.28. The van der Waals surface area contributed by atoms with Crippen LogP contribution in [0.4, 0.5) is 23.7 Å². The average Bonchev–Trinajstić information content (AvgIpc) is 2.29. The minimum absolute atomic E-state index is 0.00344. The molecule has 0 spiro atoms. The molecule has 0 fully saturated rings. The van der Waals surface area contributed by atoms with Crippen LogP contribution >= 0.6 is 11.6 Å². The maximum atomic E-state index is 12.4. The van der Waals surface area contributed by atoms with Gasteiger partial charge in [0, 0.05) is 10.6 Å². The summed E-state index contributed by atoms with van der Waals surface area (Å²) in [5.74, 6) is 0. The van der Waals surface area contributed by atoms with Crippen molar-refractivity contribution in [3.63, 3.8) is 0 Å². The van der Waals surface area contributed by atoms with Crippen LogP contribution in [0.3, 0.4) is 0 Å². The number of carbonyl (C=O) groups excluding carboxylic acids is 1. The van der Waals surface area contributed by atoms with E-state index in [1.165, 1.54) is 6.07 Å². The van der Waals surface area contributed by atoms with E-state index in [-0.39, 0.29) is 10.7 Å². The topological polar surface area (TPSA) is 58.6 Å². The minimum atomic E-state index is -4.86. The van der Waals surface area contributed by atoms with Crippen LogP contribution in [0.25, 0.3) is 0 Å². The molecule has 0 aliphatic carbocycles. The third-order valence-electron chi connectivity index (χ3n) is 2.04. The zero-order valence-corrected chi connectivity index (χ0v) is 9.84. The van der Waals surface area contributed by atoms with Gasteiger partial charge in [-0.05, 0) is 18.2 Å². The van der Waals surface area contributed by atoms with Crippen molar-refractivity contribution in [2.75, 3.05) is 12.4 Å². The highest BCUT2D eigenvalue weighted by Crippen LogP contribution is 2.37. The lowest BCUT2D eigenvalue weighted by molar-refractivity contribution is -0.206. The van der Waals surface area contributed by atoms with E-state index in [9.17, 15) is 23.1 Å². The second-order valence-electron chi connectivity index (χ2n) is 3.29. The Bertz CT molecular complexity index is 450. The molecule has 100 valence electrons. The van der Waals surface area contributed by atoms with Gasteiger partial charge in [0.25, 0.3) is 0 Å². The van der Waals surface area contributed by atoms with Crippen LogP contribution in [0.2, 0.25) is 5.02 Å². The van der Waals surface area contributed by atoms with E-state index < -0.39 is 23.9 Å². The standard InChI is InChI=1S/C10H9ClF3NO3/c1-18-9(17)15-7-3-2-5(11)4-6(7)8(16)10(12,13)14/h2-4,8,16H,1H3,(H,15,17)/t8-/m0/s1. The van der Waals surface area contributed by atoms with E-state index in [1.807, 2.05) is 0 Å². The first kappa shape index (κ1) is 14.6. The highest BCUT2D eigenvalue weighted by molar-refractivity contribution is 6.30. The van der Waals surface area contributed by atoms with Crippen LogP contribution in [0.5, 0.6) is 0 Å². The van der Waals surface area contributed by atoms with Gasteiger partial charge in [0.15, 0.2) is 6.10 Å². The van der Waals surface area contributed by atoms with Gasteiger partial charge in [-0.15, -0.1) is 0 Å². The van der Waals surface area contributed by atoms with Gasteiger partial charge >= 0.3 is 12.3 Å². The van der Waals surface area contributed by atoms with Gasteiger partial charge in [-0.2, -0.15) is 13.2 Å². The van der Waals surface area contributed by atoms with Crippen LogP contribution < -0.4 is 5.32 Å². The maximum absolute atomic E-state index is 12.4. The fourth-order valence-corrected chi connectivity index (χ4v) is 1.39. The predicted octanol–water partition coefficient (Wildman–Crippen LogP) is 3.11. The summed E-state index contributed by atoms with van der Waals surface area (Å²) in [5.41, 5.74) is -0.781. The Kier molecular flexibility index (Phi) is 4.42. The van der Waals surface area contributed by atoms with Crippen molar-refractivity contribution in [2.24, 2.45) is 0 Å². The number of rotatable bonds is 2. The number of halogens is 4. The number of hydrogen-bond acceptors (Lipinski definition) is 3.